The van der Waals surface area contributed by atoms with E-state index in [1.54, 1.807) is 6.20 Å². The third kappa shape index (κ3) is 3.35. The number of aromatic nitrogens is 2. The van der Waals surface area contributed by atoms with Crippen LogP contribution in [0.1, 0.15) is 45.4 Å². The van der Waals surface area contributed by atoms with Crippen LogP contribution in [-0.4, -0.2) is 26.2 Å². The molecule has 1 aliphatic carbocycles. The molecule has 0 atom stereocenters. The van der Waals surface area contributed by atoms with Crippen LogP contribution in [-0.2, 0) is 17.9 Å². The molecule has 106 valence electrons. The maximum Gasteiger partial charge on any atom is 0.252 e. The molecule has 5 nitrogen and oxygen atoms in total. The van der Waals surface area contributed by atoms with Gasteiger partial charge in [0.15, 0.2) is 0 Å². The Kier molecular flexibility index (Phi) is 4.24. The predicted molar refractivity (Wildman–Crippen MR) is 72.3 cm³/mol. The van der Waals surface area contributed by atoms with Gasteiger partial charge in [0, 0.05) is 18.9 Å². The van der Waals surface area contributed by atoms with E-state index in [1.807, 2.05) is 10.8 Å². The van der Waals surface area contributed by atoms with Gasteiger partial charge in [-0.2, -0.15) is 0 Å². The molecule has 0 radical (unpaired) electrons. The number of nitrogens with zero attached hydrogens (tertiary/aromatic N) is 2. The smallest absolute Gasteiger partial charge is 0.252 e. The van der Waals surface area contributed by atoms with E-state index in [4.69, 9.17) is 0 Å². The zero-order valence-electron chi connectivity index (χ0n) is 11.7. The number of nitrogens with one attached hydrogen (secondary N) is 1. The van der Waals surface area contributed by atoms with Crippen LogP contribution in [0.25, 0.3) is 0 Å². The molecule has 1 heterocycles. The molecular weight excluding hydrogens is 242 g/mol. The van der Waals surface area contributed by atoms with Crippen LogP contribution in [0.2, 0.25) is 0 Å². The van der Waals surface area contributed by atoms with E-state index in [0.29, 0.717) is 25.3 Å². The first-order valence-electron chi connectivity index (χ1n) is 7.02. The van der Waals surface area contributed by atoms with Crippen molar-refractivity contribution in [1.29, 1.82) is 0 Å². The lowest BCUT2D eigenvalue weighted by atomic mass is 10.0. The summed E-state index contributed by atoms with van der Waals surface area (Å²) in [5.41, 5.74) is -1.16. The van der Waals surface area contributed by atoms with Crippen LogP contribution in [0.4, 0.5) is 0 Å². The molecule has 0 spiro atoms. The van der Waals surface area contributed by atoms with Crippen molar-refractivity contribution in [3.05, 3.63) is 18.2 Å². The van der Waals surface area contributed by atoms with Crippen LogP contribution < -0.4 is 5.32 Å². The monoisotopic (exact) mass is 265 g/mol. The number of imidazole rings is 1. The molecule has 1 aromatic heterocycles. The lowest BCUT2D eigenvalue weighted by molar-refractivity contribution is -0.139. The Hall–Kier alpha value is -1.36. The van der Waals surface area contributed by atoms with Crippen molar-refractivity contribution in [3.8, 4) is 0 Å². The summed E-state index contributed by atoms with van der Waals surface area (Å²) in [5.74, 6) is 1.11. The number of hydrogen-bond donors (Lipinski definition) is 2. The molecule has 5 heteroatoms. The fourth-order valence-corrected chi connectivity index (χ4v) is 2.58. The van der Waals surface area contributed by atoms with E-state index in [1.165, 1.54) is 0 Å². The van der Waals surface area contributed by atoms with E-state index < -0.39 is 5.60 Å². The zero-order chi connectivity index (χ0) is 13.9. The number of carbonyl (C=O) groups excluding carboxylic acids is 1. The summed E-state index contributed by atoms with van der Waals surface area (Å²) in [6.45, 7) is 5.55. The highest BCUT2D eigenvalue weighted by molar-refractivity contribution is 5.85. The Morgan fingerprint density at radius 3 is 2.84 bits per heavy atom. The van der Waals surface area contributed by atoms with Crippen molar-refractivity contribution in [3.63, 3.8) is 0 Å². The minimum Gasteiger partial charge on any atom is -0.380 e. The average Bonchev–Trinajstić information content (AvgIpc) is 2.96. The third-order valence-electron chi connectivity index (χ3n) is 3.62. The van der Waals surface area contributed by atoms with Crippen LogP contribution >= 0.6 is 0 Å². The fraction of sp³-hybridized carbons (Fsp3) is 0.714. The molecule has 0 saturated heterocycles. The van der Waals surface area contributed by atoms with Crippen molar-refractivity contribution >= 4 is 5.91 Å². The molecule has 0 bridgehead atoms. The second-order valence-electron chi connectivity index (χ2n) is 5.81. The lowest BCUT2D eigenvalue weighted by Crippen LogP contribution is -2.44. The highest BCUT2D eigenvalue weighted by atomic mass is 16.3. The van der Waals surface area contributed by atoms with Crippen molar-refractivity contribution in [2.75, 3.05) is 0 Å². The van der Waals surface area contributed by atoms with Gasteiger partial charge in [0.25, 0.3) is 5.91 Å². The van der Waals surface area contributed by atoms with Crippen LogP contribution in [0.5, 0.6) is 0 Å². The van der Waals surface area contributed by atoms with Crippen LogP contribution in [0.15, 0.2) is 12.4 Å². The number of rotatable bonds is 5. The summed E-state index contributed by atoms with van der Waals surface area (Å²) in [6, 6.07) is 0. The van der Waals surface area contributed by atoms with E-state index in [2.05, 4.69) is 24.1 Å². The lowest BCUT2D eigenvalue weighted by Gasteiger charge is -2.21. The van der Waals surface area contributed by atoms with Gasteiger partial charge in [-0.1, -0.05) is 13.8 Å². The third-order valence-corrected chi connectivity index (χ3v) is 3.62. The van der Waals surface area contributed by atoms with E-state index >= 15 is 0 Å². The second-order valence-corrected chi connectivity index (χ2v) is 5.81. The normalized spacial score (nSPS) is 17.9. The first-order chi connectivity index (χ1) is 9.01. The molecule has 2 rings (SSSR count). The second kappa shape index (κ2) is 5.74. The number of amides is 1. The minimum atomic E-state index is -1.16. The van der Waals surface area contributed by atoms with Gasteiger partial charge in [0.1, 0.15) is 11.4 Å². The van der Waals surface area contributed by atoms with Crippen molar-refractivity contribution < 1.29 is 9.90 Å². The Labute approximate surface area is 114 Å². The molecule has 19 heavy (non-hydrogen) atoms. The summed E-state index contributed by atoms with van der Waals surface area (Å²) in [7, 11) is 0. The summed E-state index contributed by atoms with van der Waals surface area (Å²) < 4.78 is 2.05. The number of hydrogen-bond acceptors (Lipinski definition) is 3. The van der Waals surface area contributed by atoms with Gasteiger partial charge < -0.3 is 15.0 Å². The summed E-state index contributed by atoms with van der Waals surface area (Å²) in [4.78, 5) is 16.3. The number of aliphatic hydroxyl groups is 1. The van der Waals surface area contributed by atoms with Gasteiger partial charge in [-0.05, 0) is 31.6 Å². The summed E-state index contributed by atoms with van der Waals surface area (Å²) in [5, 5.41) is 13.0. The van der Waals surface area contributed by atoms with E-state index in [0.717, 1.165) is 25.2 Å². The molecule has 1 saturated carbocycles. The topological polar surface area (TPSA) is 67.2 Å². The summed E-state index contributed by atoms with van der Waals surface area (Å²) >= 11 is 0. The molecule has 1 amide bonds. The highest BCUT2D eigenvalue weighted by Gasteiger charge is 2.38. The molecule has 0 aliphatic heterocycles. The number of carbonyl (C=O) groups is 1. The maximum atomic E-state index is 12.0. The van der Waals surface area contributed by atoms with Crippen LogP contribution in [0, 0.1) is 5.92 Å². The first kappa shape index (κ1) is 14.1. The Bertz CT molecular complexity index is 434. The Morgan fingerprint density at radius 2 is 2.21 bits per heavy atom. The largest absolute Gasteiger partial charge is 0.380 e. The van der Waals surface area contributed by atoms with Gasteiger partial charge in [0.05, 0.1) is 6.54 Å². The van der Waals surface area contributed by atoms with E-state index in [9.17, 15) is 9.90 Å². The molecule has 1 fully saturated rings. The van der Waals surface area contributed by atoms with Crippen molar-refractivity contribution in [1.82, 2.24) is 14.9 Å². The standard InChI is InChI=1S/C14H23N3O2/c1-11(2)10-17-8-7-15-12(17)9-16-13(18)14(19)5-3-4-6-14/h7-8,11,19H,3-6,9-10H2,1-2H3,(H,16,18). The molecule has 2 N–H and O–H groups in total. The van der Waals surface area contributed by atoms with Crippen molar-refractivity contribution in [2.45, 2.75) is 58.2 Å². The molecule has 0 aromatic carbocycles. The first-order valence-corrected chi connectivity index (χ1v) is 7.02. The fourth-order valence-electron chi connectivity index (χ4n) is 2.58. The van der Waals surface area contributed by atoms with Gasteiger partial charge >= 0.3 is 0 Å². The highest BCUT2D eigenvalue weighted by Crippen LogP contribution is 2.29. The van der Waals surface area contributed by atoms with Gasteiger partial charge in [0.2, 0.25) is 0 Å². The van der Waals surface area contributed by atoms with Gasteiger partial charge in [-0.15, -0.1) is 0 Å². The Morgan fingerprint density at radius 1 is 1.53 bits per heavy atom. The molecule has 1 aromatic rings. The molecule has 1 aliphatic rings. The minimum absolute atomic E-state index is 0.260. The zero-order valence-corrected chi connectivity index (χ0v) is 11.7. The van der Waals surface area contributed by atoms with Crippen molar-refractivity contribution in [2.24, 2.45) is 5.92 Å². The molecule has 0 unspecified atom stereocenters. The maximum absolute atomic E-state index is 12.0. The van der Waals surface area contributed by atoms with Gasteiger partial charge in [-0.25, -0.2) is 4.98 Å². The molecular formula is C14H23N3O2. The average molecular weight is 265 g/mol. The van der Waals surface area contributed by atoms with Gasteiger partial charge in [-0.3, -0.25) is 4.79 Å². The Balaban J connectivity index is 1.92. The SMILES string of the molecule is CC(C)Cn1ccnc1CNC(=O)C1(O)CCCC1. The van der Waals surface area contributed by atoms with E-state index in [-0.39, 0.29) is 5.91 Å². The van der Waals surface area contributed by atoms with Crippen LogP contribution in [0.3, 0.4) is 0 Å². The predicted octanol–water partition coefficient (Wildman–Crippen LogP) is 1.46. The summed E-state index contributed by atoms with van der Waals surface area (Å²) in [6.07, 6.45) is 6.65. The quantitative estimate of drug-likeness (QED) is 0.847.